The Kier molecular flexibility index (Phi) is 3.91. The third-order valence-corrected chi connectivity index (χ3v) is 3.25. The van der Waals surface area contributed by atoms with Gasteiger partial charge >= 0.3 is 0 Å². The Balaban J connectivity index is 2.46. The van der Waals surface area contributed by atoms with Crippen LogP contribution in [0.2, 0.25) is 0 Å². The minimum Gasteiger partial charge on any atom is -0.285 e. The summed E-state index contributed by atoms with van der Waals surface area (Å²) in [4.78, 5) is 16.7. The van der Waals surface area contributed by atoms with Crippen molar-refractivity contribution < 1.29 is 4.79 Å². The predicted octanol–water partition coefficient (Wildman–Crippen LogP) is 2.99. The number of pyridine rings is 1. The maximum absolute atomic E-state index is 12.5. The molecule has 18 heavy (non-hydrogen) atoms. The fourth-order valence-electron chi connectivity index (χ4n) is 1.81. The maximum Gasteiger partial charge on any atom is 0.230 e. The molecule has 0 aromatic carbocycles. The predicted molar refractivity (Wildman–Crippen MR) is 72.6 cm³/mol. The summed E-state index contributed by atoms with van der Waals surface area (Å²) in [6.07, 6.45) is 4.21. The van der Waals surface area contributed by atoms with Crippen LogP contribution in [0.3, 0.4) is 0 Å². The highest BCUT2D eigenvalue weighted by molar-refractivity contribution is 9.10. The Bertz CT molecular complexity index is 577. The van der Waals surface area contributed by atoms with Crippen LogP contribution < -0.4 is 0 Å². The van der Waals surface area contributed by atoms with E-state index in [1.54, 1.807) is 17.1 Å². The van der Waals surface area contributed by atoms with E-state index in [0.717, 1.165) is 18.5 Å². The maximum atomic E-state index is 12.5. The summed E-state index contributed by atoms with van der Waals surface area (Å²) < 4.78 is 2.44. The smallest absolute Gasteiger partial charge is 0.230 e. The lowest BCUT2D eigenvalue weighted by molar-refractivity contribution is 0.102. The fourth-order valence-corrected chi connectivity index (χ4v) is 2.28. The second kappa shape index (κ2) is 5.44. The number of aryl methyl sites for hydroxylation is 2. The molecule has 2 aromatic rings. The van der Waals surface area contributed by atoms with Gasteiger partial charge in [0.2, 0.25) is 5.78 Å². The number of hydrogen-bond acceptors (Lipinski definition) is 3. The van der Waals surface area contributed by atoms with E-state index in [1.807, 2.05) is 19.1 Å². The number of aromatic nitrogens is 3. The standard InChI is InChI=1S/C13H14BrN3O/c1-3-7-17-12(10(14)8-16-17)13(18)11-9(2)5-4-6-15-11/h4-6,8H,3,7H2,1-2H3. The van der Waals surface area contributed by atoms with Crippen LogP contribution >= 0.6 is 15.9 Å². The van der Waals surface area contributed by atoms with E-state index < -0.39 is 0 Å². The molecule has 0 atom stereocenters. The molecule has 0 radical (unpaired) electrons. The van der Waals surface area contributed by atoms with E-state index in [1.165, 1.54) is 0 Å². The van der Waals surface area contributed by atoms with Gasteiger partial charge in [-0.3, -0.25) is 14.5 Å². The molecule has 2 heterocycles. The van der Waals surface area contributed by atoms with E-state index in [2.05, 4.69) is 32.9 Å². The number of carbonyl (C=O) groups excluding carboxylic acids is 1. The van der Waals surface area contributed by atoms with E-state index >= 15 is 0 Å². The SMILES string of the molecule is CCCn1ncc(Br)c1C(=O)c1ncccc1C. The second-order valence-corrected chi connectivity index (χ2v) is 4.92. The number of hydrogen-bond donors (Lipinski definition) is 0. The molecule has 0 fully saturated rings. The van der Waals surface area contributed by atoms with Crippen molar-refractivity contribution in [3.63, 3.8) is 0 Å². The normalized spacial score (nSPS) is 10.6. The molecule has 0 spiro atoms. The number of ketones is 1. The first-order valence-corrected chi connectivity index (χ1v) is 6.62. The van der Waals surface area contributed by atoms with Gasteiger partial charge in [0.05, 0.1) is 10.7 Å². The van der Waals surface area contributed by atoms with E-state index in [9.17, 15) is 4.79 Å². The zero-order valence-electron chi connectivity index (χ0n) is 10.4. The van der Waals surface area contributed by atoms with Gasteiger partial charge in [0.25, 0.3) is 0 Å². The van der Waals surface area contributed by atoms with Gasteiger partial charge in [0.1, 0.15) is 11.4 Å². The molecule has 2 rings (SSSR count). The molecule has 0 saturated carbocycles. The highest BCUT2D eigenvalue weighted by Gasteiger charge is 2.20. The number of carbonyl (C=O) groups is 1. The Labute approximate surface area is 114 Å². The molecule has 0 aliphatic carbocycles. The topological polar surface area (TPSA) is 47.8 Å². The van der Waals surface area contributed by atoms with E-state index in [4.69, 9.17) is 0 Å². The van der Waals surface area contributed by atoms with Gasteiger partial charge in [-0.1, -0.05) is 13.0 Å². The number of rotatable bonds is 4. The van der Waals surface area contributed by atoms with Crippen LogP contribution in [0.25, 0.3) is 0 Å². The van der Waals surface area contributed by atoms with Gasteiger partial charge < -0.3 is 0 Å². The molecule has 0 aliphatic heterocycles. The van der Waals surface area contributed by atoms with Crippen molar-refractivity contribution in [3.8, 4) is 0 Å². The highest BCUT2D eigenvalue weighted by atomic mass is 79.9. The highest BCUT2D eigenvalue weighted by Crippen LogP contribution is 2.20. The summed E-state index contributed by atoms with van der Waals surface area (Å²) >= 11 is 3.38. The Morgan fingerprint density at radius 2 is 2.28 bits per heavy atom. The van der Waals surface area contributed by atoms with Gasteiger partial charge in [-0.15, -0.1) is 0 Å². The van der Waals surface area contributed by atoms with Crippen LogP contribution in [0.15, 0.2) is 29.0 Å². The second-order valence-electron chi connectivity index (χ2n) is 4.06. The van der Waals surface area contributed by atoms with Crippen molar-refractivity contribution >= 4 is 21.7 Å². The van der Waals surface area contributed by atoms with Gasteiger partial charge in [0.15, 0.2) is 0 Å². The van der Waals surface area contributed by atoms with Crippen molar-refractivity contribution in [2.24, 2.45) is 0 Å². The molecule has 0 aliphatic rings. The monoisotopic (exact) mass is 307 g/mol. The van der Waals surface area contributed by atoms with Crippen molar-refractivity contribution in [2.45, 2.75) is 26.8 Å². The molecule has 5 heteroatoms. The largest absolute Gasteiger partial charge is 0.285 e. The fraction of sp³-hybridized carbons (Fsp3) is 0.308. The first-order valence-electron chi connectivity index (χ1n) is 5.82. The molecular weight excluding hydrogens is 294 g/mol. The van der Waals surface area contributed by atoms with Crippen LogP contribution in [0.1, 0.15) is 35.1 Å². The summed E-state index contributed by atoms with van der Waals surface area (Å²) in [5, 5.41) is 4.20. The molecule has 0 saturated heterocycles. The van der Waals surface area contributed by atoms with Gasteiger partial charge in [0, 0.05) is 12.7 Å². The summed E-state index contributed by atoms with van der Waals surface area (Å²) in [5.74, 6) is -0.0917. The third kappa shape index (κ3) is 2.36. The van der Waals surface area contributed by atoms with E-state index in [0.29, 0.717) is 15.9 Å². The van der Waals surface area contributed by atoms with Gasteiger partial charge in [-0.25, -0.2) is 0 Å². The summed E-state index contributed by atoms with van der Waals surface area (Å²) in [5.41, 5.74) is 1.92. The average molecular weight is 308 g/mol. The molecule has 94 valence electrons. The molecule has 0 unspecified atom stereocenters. The lowest BCUT2D eigenvalue weighted by Crippen LogP contribution is -2.14. The Hall–Kier alpha value is -1.49. The number of halogens is 1. The molecule has 0 N–H and O–H groups in total. The van der Waals surface area contributed by atoms with Crippen molar-refractivity contribution in [3.05, 3.63) is 46.0 Å². The first kappa shape index (κ1) is 13.0. The Morgan fingerprint density at radius 1 is 1.50 bits per heavy atom. The average Bonchev–Trinajstić information content (AvgIpc) is 2.71. The molecule has 2 aromatic heterocycles. The minimum atomic E-state index is -0.0917. The molecule has 0 amide bonds. The zero-order valence-corrected chi connectivity index (χ0v) is 11.9. The third-order valence-electron chi connectivity index (χ3n) is 2.67. The number of nitrogens with zero attached hydrogens (tertiary/aromatic N) is 3. The summed E-state index contributed by atoms with van der Waals surface area (Å²) in [6.45, 7) is 4.66. The molecule has 4 nitrogen and oxygen atoms in total. The molecular formula is C13H14BrN3O. The minimum absolute atomic E-state index is 0.0917. The molecule has 0 bridgehead atoms. The van der Waals surface area contributed by atoms with Crippen molar-refractivity contribution in [1.29, 1.82) is 0 Å². The van der Waals surface area contributed by atoms with Crippen LogP contribution in [0.4, 0.5) is 0 Å². The van der Waals surface area contributed by atoms with Gasteiger partial charge in [-0.05, 0) is 40.9 Å². The first-order chi connectivity index (χ1) is 8.65. The van der Waals surface area contributed by atoms with Crippen LogP contribution in [-0.4, -0.2) is 20.5 Å². The van der Waals surface area contributed by atoms with Crippen LogP contribution in [-0.2, 0) is 6.54 Å². The Morgan fingerprint density at radius 3 is 2.94 bits per heavy atom. The van der Waals surface area contributed by atoms with Crippen molar-refractivity contribution in [1.82, 2.24) is 14.8 Å². The summed E-state index contributed by atoms with van der Waals surface area (Å²) in [6, 6.07) is 3.71. The summed E-state index contributed by atoms with van der Waals surface area (Å²) in [7, 11) is 0. The quantitative estimate of drug-likeness (QED) is 0.816. The van der Waals surface area contributed by atoms with Crippen LogP contribution in [0.5, 0.6) is 0 Å². The van der Waals surface area contributed by atoms with Gasteiger partial charge in [-0.2, -0.15) is 5.10 Å². The van der Waals surface area contributed by atoms with E-state index in [-0.39, 0.29) is 5.78 Å². The van der Waals surface area contributed by atoms with Crippen molar-refractivity contribution in [2.75, 3.05) is 0 Å². The zero-order chi connectivity index (χ0) is 13.1. The van der Waals surface area contributed by atoms with Crippen LogP contribution in [0, 0.1) is 6.92 Å². The lowest BCUT2D eigenvalue weighted by Gasteiger charge is -2.07. The lowest BCUT2D eigenvalue weighted by atomic mass is 10.1.